The molecule has 1 aliphatic carbocycles. The molecule has 0 bridgehead atoms. The Morgan fingerprint density at radius 2 is 1.84 bits per heavy atom. The van der Waals surface area contributed by atoms with Gasteiger partial charge in [0.25, 0.3) is 5.91 Å². The smallest absolute Gasteiger partial charge is 0.334 e. The normalized spacial score (nSPS) is 15.4. The molecule has 1 saturated carbocycles. The molecule has 3 aromatic rings. The Morgan fingerprint density at radius 3 is 2.38 bits per heavy atom. The van der Waals surface area contributed by atoms with Crippen LogP contribution in [-0.4, -0.2) is 36.8 Å². The number of aromatic nitrogens is 4. The van der Waals surface area contributed by atoms with Gasteiger partial charge < -0.3 is 5.32 Å². The number of nitrogens with zero attached hydrogens (tertiary/aromatic N) is 5. The zero-order valence-electron chi connectivity index (χ0n) is 18.1. The number of nitrogens with one attached hydrogen (secondary N) is 1. The summed E-state index contributed by atoms with van der Waals surface area (Å²) in [6.45, 7) is 0. The second kappa shape index (κ2) is 8.62. The molecule has 0 unspecified atom stereocenters. The molecule has 0 radical (unpaired) electrons. The number of hydrogen-bond donors (Lipinski definition) is 1. The van der Waals surface area contributed by atoms with Gasteiger partial charge in [0.05, 0.1) is 16.7 Å². The number of aryl methyl sites for hydroxylation is 1. The molecule has 1 N–H and O–H groups in total. The lowest BCUT2D eigenvalue weighted by atomic mass is 10.1. The highest BCUT2D eigenvalue weighted by molar-refractivity contribution is 7.09. The number of halogens is 9. The third-order valence-electron chi connectivity index (χ3n) is 5.40. The summed E-state index contributed by atoms with van der Waals surface area (Å²) in [6.07, 6.45) is -11.1. The van der Waals surface area contributed by atoms with E-state index in [0.717, 1.165) is 7.05 Å². The molecule has 4 rings (SSSR count). The van der Waals surface area contributed by atoms with E-state index in [1.165, 1.54) is 18.2 Å². The first-order valence-corrected chi connectivity index (χ1v) is 11.1. The summed E-state index contributed by atoms with van der Waals surface area (Å²) in [5.74, 6) is -6.86. The van der Waals surface area contributed by atoms with Crippen molar-refractivity contribution in [1.29, 1.82) is 5.26 Å². The van der Waals surface area contributed by atoms with Gasteiger partial charge in [-0.2, -0.15) is 49.9 Å². The summed E-state index contributed by atoms with van der Waals surface area (Å²) in [4.78, 5) is 16.5. The topological polar surface area (TPSA) is 96.5 Å². The Hall–Kier alpha value is -3.32. The molecular formula is C20H11ClF8N6OS. The number of benzene rings is 1. The van der Waals surface area contributed by atoms with Gasteiger partial charge >= 0.3 is 18.3 Å². The first-order chi connectivity index (χ1) is 17.0. The van der Waals surface area contributed by atoms with Gasteiger partial charge in [0, 0.05) is 12.6 Å². The minimum absolute atomic E-state index is 0.0181. The summed E-state index contributed by atoms with van der Waals surface area (Å²) >= 11 is 6.36. The first kappa shape index (κ1) is 26.7. The molecule has 2 aromatic heterocycles. The maximum atomic E-state index is 13.9. The highest BCUT2D eigenvalue weighted by Crippen LogP contribution is 2.50. The van der Waals surface area contributed by atoms with Crippen molar-refractivity contribution in [1.82, 2.24) is 24.5 Å². The van der Waals surface area contributed by atoms with Gasteiger partial charge in [0.1, 0.15) is 16.8 Å². The molecule has 0 aliphatic heterocycles. The predicted octanol–water partition coefficient (Wildman–Crippen LogP) is 5.72. The van der Waals surface area contributed by atoms with Crippen molar-refractivity contribution in [2.45, 2.75) is 36.7 Å². The fraction of sp³-hybridized carbons (Fsp3) is 0.350. The molecule has 1 aromatic carbocycles. The van der Waals surface area contributed by atoms with Gasteiger partial charge in [-0.25, -0.2) is 4.98 Å². The summed E-state index contributed by atoms with van der Waals surface area (Å²) in [6, 6.07) is 5.75. The van der Waals surface area contributed by atoms with E-state index in [2.05, 4.69) is 19.8 Å². The number of carbonyl (C=O) groups is 1. The van der Waals surface area contributed by atoms with Crippen LogP contribution in [-0.2, 0) is 19.1 Å². The molecule has 1 amide bonds. The molecule has 1 fully saturated rings. The van der Waals surface area contributed by atoms with Gasteiger partial charge in [-0.3, -0.25) is 9.48 Å². The van der Waals surface area contributed by atoms with E-state index in [1.54, 1.807) is 0 Å². The van der Waals surface area contributed by atoms with Crippen LogP contribution in [0.4, 0.5) is 35.1 Å². The van der Waals surface area contributed by atoms with Crippen LogP contribution in [0.1, 0.15) is 34.5 Å². The Balaban J connectivity index is 1.77. The van der Waals surface area contributed by atoms with Crippen molar-refractivity contribution >= 4 is 29.0 Å². The first-order valence-electron chi connectivity index (χ1n) is 9.98. The second-order valence-electron chi connectivity index (χ2n) is 8.03. The fourth-order valence-corrected chi connectivity index (χ4v) is 4.31. The van der Waals surface area contributed by atoms with Crippen LogP contribution in [0.15, 0.2) is 18.2 Å². The average Bonchev–Trinajstić information content (AvgIpc) is 3.21. The third kappa shape index (κ3) is 4.73. The summed E-state index contributed by atoms with van der Waals surface area (Å²) in [7, 11) is 0.759. The van der Waals surface area contributed by atoms with E-state index < -0.39 is 51.7 Å². The van der Waals surface area contributed by atoms with E-state index in [4.69, 9.17) is 16.9 Å². The number of hydrogen-bond acceptors (Lipinski definition) is 6. The van der Waals surface area contributed by atoms with Gasteiger partial charge in [0.15, 0.2) is 16.5 Å². The lowest BCUT2D eigenvalue weighted by molar-refractivity contribution is -0.292. The lowest BCUT2D eigenvalue weighted by Gasteiger charge is -2.19. The third-order valence-corrected chi connectivity index (χ3v) is 6.45. The fourth-order valence-electron chi connectivity index (χ4n) is 3.34. The van der Waals surface area contributed by atoms with Crippen molar-refractivity contribution in [2.24, 2.45) is 7.05 Å². The zero-order valence-corrected chi connectivity index (χ0v) is 19.7. The molecule has 17 heteroatoms. The largest absolute Gasteiger partial charge is 0.459 e. The molecule has 37 heavy (non-hydrogen) atoms. The van der Waals surface area contributed by atoms with Crippen LogP contribution in [0.25, 0.3) is 22.1 Å². The van der Waals surface area contributed by atoms with Gasteiger partial charge in [-0.1, -0.05) is 11.6 Å². The van der Waals surface area contributed by atoms with Crippen LogP contribution in [0.2, 0.25) is 5.02 Å². The minimum Gasteiger partial charge on any atom is -0.334 e. The highest BCUT2D eigenvalue weighted by Gasteiger charge is 2.64. The van der Waals surface area contributed by atoms with Crippen LogP contribution in [0.5, 0.6) is 0 Å². The molecule has 1 aliphatic rings. The molecule has 0 saturated heterocycles. The molecule has 2 heterocycles. The standard InChI is InChI=1S/C20H11ClF8N6OS/c1-35-12(11(19(24,25)26)13(33-35)18(22,23)20(27,28)29)16-31-14(34-37-16)8-2-3-10(21)9(6-8)15(36)32-17(7-30)4-5-17/h2-3,6H,4-5H2,1H3,(H,32,36). The van der Waals surface area contributed by atoms with Crippen molar-refractivity contribution < 1.29 is 39.9 Å². The van der Waals surface area contributed by atoms with Gasteiger partial charge in [0.2, 0.25) is 0 Å². The van der Waals surface area contributed by atoms with E-state index >= 15 is 0 Å². The number of amides is 1. The van der Waals surface area contributed by atoms with E-state index in [-0.39, 0.29) is 26.7 Å². The summed E-state index contributed by atoms with van der Waals surface area (Å²) < 4.78 is 112. The van der Waals surface area contributed by atoms with Crippen LogP contribution >= 0.6 is 23.1 Å². The SMILES string of the molecule is Cn1nc(C(F)(F)C(F)(F)F)c(C(F)(F)F)c1-c1nc(-c2ccc(Cl)c(C(=O)NC3(C#N)CC3)c2)ns1. The van der Waals surface area contributed by atoms with Gasteiger partial charge in [-0.15, -0.1) is 0 Å². The van der Waals surface area contributed by atoms with Crippen molar-refractivity contribution in [3.05, 3.63) is 40.0 Å². The van der Waals surface area contributed by atoms with Crippen LogP contribution < -0.4 is 5.32 Å². The van der Waals surface area contributed by atoms with Crippen molar-refractivity contribution in [3.63, 3.8) is 0 Å². The molecule has 0 atom stereocenters. The summed E-state index contributed by atoms with van der Waals surface area (Å²) in [5.41, 5.74) is -7.00. The van der Waals surface area contributed by atoms with Crippen molar-refractivity contribution in [2.75, 3.05) is 0 Å². The van der Waals surface area contributed by atoms with Crippen LogP contribution in [0.3, 0.4) is 0 Å². The second-order valence-corrected chi connectivity index (χ2v) is 9.19. The van der Waals surface area contributed by atoms with E-state index in [0.29, 0.717) is 24.4 Å². The van der Waals surface area contributed by atoms with Crippen LogP contribution in [0, 0.1) is 11.3 Å². The van der Waals surface area contributed by atoms with E-state index in [9.17, 15) is 39.9 Å². The molecule has 196 valence electrons. The quantitative estimate of drug-likeness (QED) is 0.396. The highest BCUT2D eigenvalue weighted by atomic mass is 35.5. The Morgan fingerprint density at radius 1 is 1.19 bits per heavy atom. The minimum atomic E-state index is -6.34. The number of rotatable bonds is 5. The monoisotopic (exact) mass is 570 g/mol. The number of carbonyl (C=O) groups excluding carboxylic acids is 1. The average molecular weight is 571 g/mol. The molecule has 7 nitrogen and oxygen atoms in total. The zero-order chi connectivity index (χ0) is 27.6. The maximum absolute atomic E-state index is 13.9. The lowest BCUT2D eigenvalue weighted by Crippen LogP contribution is -2.36. The maximum Gasteiger partial charge on any atom is 0.459 e. The number of alkyl halides is 8. The predicted molar refractivity (Wildman–Crippen MR) is 113 cm³/mol. The molecular weight excluding hydrogens is 560 g/mol. The Labute approximate surface area is 210 Å². The number of nitriles is 1. The molecule has 0 spiro atoms. The van der Waals surface area contributed by atoms with E-state index in [1.807, 2.05) is 6.07 Å². The van der Waals surface area contributed by atoms with Gasteiger partial charge in [-0.05, 0) is 42.6 Å². The van der Waals surface area contributed by atoms with Crippen molar-refractivity contribution in [3.8, 4) is 28.2 Å². The Kier molecular flexibility index (Phi) is 6.23. The summed E-state index contributed by atoms with van der Waals surface area (Å²) in [5, 5.41) is 13.8. The Bertz CT molecular complexity index is 1430.